The molecule has 0 unspecified atom stereocenters. The van der Waals surface area contributed by atoms with Crippen molar-refractivity contribution in [1.82, 2.24) is 9.29 Å². The van der Waals surface area contributed by atoms with E-state index in [0.717, 1.165) is 19.3 Å². The Kier molecular flexibility index (Phi) is 6.37. The zero-order valence-electron chi connectivity index (χ0n) is 16.0. The van der Waals surface area contributed by atoms with Gasteiger partial charge in [-0.25, -0.2) is 8.42 Å². The van der Waals surface area contributed by atoms with Crippen molar-refractivity contribution in [2.75, 3.05) is 18.0 Å². The predicted molar refractivity (Wildman–Crippen MR) is 110 cm³/mol. The molecule has 1 aliphatic heterocycles. The summed E-state index contributed by atoms with van der Waals surface area (Å²) in [5.74, 6) is -0.297. The molecule has 1 aromatic heterocycles. The Morgan fingerprint density at radius 1 is 1.18 bits per heavy atom. The third kappa shape index (κ3) is 4.21. The maximum Gasteiger partial charge on any atom is 0.258 e. The van der Waals surface area contributed by atoms with E-state index in [4.69, 9.17) is 11.6 Å². The van der Waals surface area contributed by atoms with Gasteiger partial charge in [0.15, 0.2) is 0 Å². The van der Waals surface area contributed by atoms with Gasteiger partial charge in [0.1, 0.15) is 4.90 Å². The van der Waals surface area contributed by atoms with Gasteiger partial charge in [-0.3, -0.25) is 9.78 Å². The van der Waals surface area contributed by atoms with Gasteiger partial charge in [-0.1, -0.05) is 18.0 Å². The van der Waals surface area contributed by atoms with Crippen molar-refractivity contribution >= 4 is 33.2 Å². The van der Waals surface area contributed by atoms with Crippen LogP contribution in [0.3, 0.4) is 0 Å². The number of anilines is 1. The number of halogens is 1. The monoisotopic (exact) mass is 421 g/mol. The first-order chi connectivity index (χ1) is 13.3. The Bertz CT molecular complexity index is 942. The summed E-state index contributed by atoms with van der Waals surface area (Å²) in [5, 5.41) is 0.125. The zero-order chi connectivity index (χ0) is 20.3. The first-order valence-corrected chi connectivity index (χ1v) is 11.2. The molecule has 0 spiro atoms. The number of sulfonamides is 1. The van der Waals surface area contributed by atoms with Crippen LogP contribution in [0.15, 0.2) is 47.6 Å². The molecule has 0 saturated carbocycles. The number of benzene rings is 1. The fourth-order valence-electron chi connectivity index (χ4n) is 3.36. The predicted octanol–water partition coefficient (Wildman–Crippen LogP) is 3.96. The van der Waals surface area contributed by atoms with Crippen molar-refractivity contribution in [3.05, 3.63) is 53.3 Å². The van der Waals surface area contributed by atoms with Crippen molar-refractivity contribution in [3.8, 4) is 0 Å². The van der Waals surface area contributed by atoms with E-state index in [1.807, 2.05) is 13.8 Å². The van der Waals surface area contributed by atoms with E-state index in [-0.39, 0.29) is 27.4 Å². The van der Waals surface area contributed by atoms with Crippen LogP contribution >= 0.6 is 11.6 Å². The van der Waals surface area contributed by atoms with Crippen LogP contribution in [-0.4, -0.2) is 42.7 Å². The Morgan fingerprint density at radius 3 is 2.50 bits per heavy atom. The molecule has 1 amide bonds. The minimum Gasteiger partial charge on any atom is -0.304 e. The van der Waals surface area contributed by atoms with E-state index in [2.05, 4.69) is 4.98 Å². The summed E-state index contributed by atoms with van der Waals surface area (Å²) in [4.78, 5) is 18.9. The standard InChI is InChI=1S/C20H24ClN3O3S/c1-15(2)24(17-7-6-10-22-14-17)20(25)16-8-9-18(21)19(13-16)28(26,27)23-11-4-3-5-12-23/h6-10,13-15H,3-5,11-12H2,1-2H3. The molecule has 0 radical (unpaired) electrons. The number of amides is 1. The lowest BCUT2D eigenvalue weighted by atomic mass is 10.1. The van der Waals surface area contributed by atoms with E-state index in [0.29, 0.717) is 18.8 Å². The first-order valence-electron chi connectivity index (χ1n) is 9.35. The van der Waals surface area contributed by atoms with Crippen LogP contribution in [0.25, 0.3) is 0 Å². The summed E-state index contributed by atoms with van der Waals surface area (Å²) >= 11 is 6.22. The summed E-state index contributed by atoms with van der Waals surface area (Å²) in [7, 11) is -3.74. The van der Waals surface area contributed by atoms with Gasteiger partial charge >= 0.3 is 0 Å². The number of rotatable bonds is 5. The lowest BCUT2D eigenvalue weighted by Gasteiger charge is -2.28. The molecule has 28 heavy (non-hydrogen) atoms. The number of piperidine rings is 1. The quantitative estimate of drug-likeness (QED) is 0.732. The Labute approximate surface area is 171 Å². The lowest BCUT2D eigenvalue weighted by molar-refractivity contribution is 0.0980. The van der Waals surface area contributed by atoms with Gasteiger partial charge in [0, 0.05) is 30.9 Å². The molecule has 1 fully saturated rings. The number of carbonyl (C=O) groups is 1. The average molecular weight is 422 g/mol. The summed E-state index contributed by atoms with van der Waals surface area (Å²) in [6.45, 7) is 4.74. The number of pyridine rings is 1. The van der Waals surface area contributed by atoms with Crippen LogP contribution in [0, 0.1) is 0 Å². The highest BCUT2D eigenvalue weighted by Crippen LogP contribution is 2.29. The van der Waals surface area contributed by atoms with Crippen LogP contribution in [0.2, 0.25) is 5.02 Å². The number of hydrogen-bond donors (Lipinski definition) is 0. The zero-order valence-corrected chi connectivity index (χ0v) is 17.6. The molecule has 1 aliphatic rings. The van der Waals surface area contributed by atoms with E-state index < -0.39 is 10.0 Å². The second-order valence-electron chi connectivity index (χ2n) is 7.09. The van der Waals surface area contributed by atoms with E-state index in [1.165, 1.54) is 16.4 Å². The molecule has 8 heteroatoms. The fraction of sp³-hybridized carbons (Fsp3) is 0.400. The van der Waals surface area contributed by atoms with Crippen LogP contribution in [0.5, 0.6) is 0 Å². The van der Waals surface area contributed by atoms with Gasteiger partial charge in [0.25, 0.3) is 5.91 Å². The molecule has 0 N–H and O–H groups in total. The van der Waals surface area contributed by atoms with Gasteiger partial charge < -0.3 is 4.90 Å². The Morgan fingerprint density at radius 2 is 1.89 bits per heavy atom. The number of nitrogens with zero attached hydrogens (tertiary/aromatic N) is 3. The highest BCUT2D eigenvalue weighted by Gasteiger charge is 2.30. The largest absolute Gasteiger partial charge is 0.304 e. The fourth-order valence-corrected chi connectivity index (χ4v) is 5.38. The smallest absolute Gasteiger partial charge is 0.258 e. The van der Waals surface area contributed by atoms with Crippen LogP contribution in [0.1, 0.15) is 43.5 Å². The molecule has 0 aliphatic carbocycles. The van der Waals surface area contributed by atoms with Gasteiger partial charge in [0.2, 0.25) is 10.0 Å². The number of aromatic nitrogens is 1. The third-order valence-electron chi connectivity index (χ3n) is 4.77. The number of hydrogen-bond acceptors (Lipinski definition) is 4. The molecule has 2 aromatic rings. The van der Waals surface area contributed by atoms with Crippen LogP contribution < -0.4 is 4.90 Å². The minimum absolute atomic E-state index is 0.0168. The molecule has 1 saturated heterocycles. The molecule has 150 valence electrons. The van der Waals surface area contributed by atoms with Gasteiger partial charge in [-0.05, 0) is 57.0 Å². The van der Waals surface area contributed by atoms with Gasteiger partial charge in [0.05, 0.1) is 16.9 Å². The normalized spacial score (nSPS) is 15.6. The molecule has 3 rings (SSSR count). The van der Waals surface area contributed by atoms with Gasteiger partial charge in [-0.15, -0.1) is 0 Å². The molecule has 0 bridgehead atoms. The van der Waals surface area contributed by atoms with Crippen molar-refractivity contribution < 1.29 is 13.2 Å². The van der Waals surface area contributed by atoms with Gasteiger partial charge in [-0.2, -0.15) is 4.31 Å². The first kappa shape index (κ1) is 20.8. The van der Waals surface area contributed by atoms with E-state index >= 15 is 0 Å². The molecular formula is C20H24ClN3O3S. The molecule has 6 nitrogen and oxygen atoms in total. The summed E-state index contributed by atoms with van der Waals surface area (Å²) in [5.41, 5.74) is 0.926. The lowest BCUT2D eigenvalue weighted by Crippen LogP contribution is -2.38. The summed E-state index contributed by atoms with van der Waals surface area (Å²) < 4.78 is 27.6. The van der Waals surface area contributed by atoms with Crippen molar-refractivity contribution in [3.63, 3.8) is 0 Å². The molecule has 2 heterocycles. The van der Waals surface area contributed by atoms with Crippen molar-refractivity contribution in [2.24, 2.45) is 0 Å². The van der Waals surface area contributed by atoms with Crippen molar-refractivity contribution in [1.29, 1.82) is 0 Å². The summed E-state index contributed by atoms with van der Waals surface area (Å²) in [6, 6.07) is 7.85. The van der Waals surface area contributed by atoms with Crippen LogP contribution in [-0.2, 0) is 10.0 Å². The molecular weight excluding hydrogens is 398 g/mol. The molecule has 1 aromatic carbocycles. The Balaban J connectivity index is 1.99. The highest BCUT2D eigenvalue weighted by atomic mass is 35.5. The average Bonchev–Trinajstić information content (AvgIpc) is 2.69. The SMILES string of the molecule is CC(C)N(C(=O)c1ccc(Cl)c(S(=O)(=O)N2CCCCC2)c1)c1cccnc1. The van der Waals surface area contributed by atoms with Crippen molar-refractivity contribution in [2.45, 2.75) is 44.0 Å². The second kappa shape index (κ2) is 8.59. The Hall–Kier alpha value is -1.96. The highest BCUT2D eigenvalue weighted by molar-refractivity contribution is 7.89. The third-order valence-corrected chi connectivity index (χ3v) is 7.15. The molecule has 0 atom stereocenters. The maximum absolute atomic E-state index is 13.2. The van der Waals surface area contributed by atoms with E-state index in [1.54, 1.807) is 35.5 Å². The van der Waals surface area contributed by atoms with E-state index in [9.17, 15) is 13.2 Å². The number of carbonyl (C=O) groups excluding carboxylic acids is 1. The van der Waals surface area contributed by atoms with Crippen LogP contribution in [0.4, 0.5) is 5.69 Å². The second-order valence-corrected chi connectivity index (χ2v) is 9.40. The summed E-state index contributed by atoms with van der Waals surface area (Å²) in [6.07, 6.45) is 5.93. The topological polar surface area (TPSA) is 70.6 Å². The maximum atomic E-state index is 13.2. The minimum atomic E-state index is -3.74.